The Hall–Kier alpha value is -2.92. The van der Waals surface area contributed by atoms with Crippen molar-refractivity contribution in [3.63, 3.8) is 0 Å². The fraction of sp³-hybridized carbons (Fsp3) is 0.375. The number of nitrogens with zero attached hydrogens (tertiary/aromatic N) is 3. The Kier molecular flexibility index (Phi) is 5.74. The third-order valence-corrected chi connectivity index (χ3v) is 7.36. The molecular weight excluding hydrogens is 457 g/mol. The molecule has 2 aliphatic heterocycles. The summed E-state index contributed by atoms with van der Waals surface area (Å²) < 4.78 is 28.9. The molecule has 0 radical (unpaired) electrons. The molecule has 0 spiro atoms. The first kappa shape index (κ1) is 21.6. The Bertz CT molecular complexity index is 1360. The first-order chi connectivity index (χ1) is 16.7. The van der Waals surface area contributed by atoms with Gasteiger partial charge in [0.25, 0.3) is 5.91 Å². The van der Waals surface area contributed by atoms with E-state index < -0.39 is 0 Å². The number of thiazole rings is 1. The summed E-state index contributed by atoms with van der Waals surface area (Å²) in [5, 5.41) is 6.30. The standard InChI is InChI=1S/C24H24FN5O3S/c25-17-9-14(21-12-26-5-8-33-21)1-2-16(17)19-13-30-20-11-27-18(10-22(20)34-24(30)29-19)23(31)28-15-3-6-32-7-4-15/h1-2,9-11,13,15,21,26H,3-8,12H2,(H,28,31). The van der Waals surface area contributed by atoms with Gasteiger partial charge in [0.2, 0.25) is 0 Å². The Balaban J connectivity index is 1.25. The maximum Gasteiger partial charge on any atom is 0.270 e. The van der Waals surface area contributed by atoms with Gasteiger partial charge in [-0.2, -0.15) is 0 Å². The summed E-state index contributed by atoms with van der Waals surface area (Å²) in [5.74, 6) is -0.508. The number of rotatable bonds is 4. The van der Waals surface area contributed by atoms with Crippen LogP contribution in [0.1, 0.15) is 35.0 Å². The van der Waals surface area contributed by atoms with Gasteiger partial charge in [-0.3, -0.25) is 9.20 Å². The molecule has 4 aromatic rings. The average molecular weight is 482 g/mol. The zero-order chi connectivity index (χ0) is 23.1. The number of pyridine rings is 1. The largest absolute Gasteiger partial charge is 0.381 e. The quantitative estimate of drug-likeness (QED) is 0.465. The second kappa shape index (κ2) is 9.03. The molecule has 34 heavy (non-hydrogen) atoms. The van der Waals surface area contributed by atoms with Gasteiger partial charge in [0.1, 0.15) is 11.5 Å². The minimum absolute atomic E-state index is 0.115. The van der Waals surface area contributed by atoms with E-state index >= 15 is 0 Å². The number of benzene rings is 1. The van der Waals surface area contributed by atoms with E-state index in [2.05, 4.69) is 20.6 Å². The lowest BCUT2D eigenvalue weighted by atomic mass is 10.0. The fourth-order valence-corrected chi connectivity index (χ4v) is 5.49. The van der Waals surface area contributed by atoms with Crippen LogP contribution in [0.4, 0.5) is 4.39 Å². The first-order valence-corrected chi connectivity index (χ1v) is 12.3. The van der Waals surface area contributed by atoms with Crippen molar-refractivity contribution in [2.45, 2.75) is 25.0 Å². The number of ether oxygens (including phenoxy) is 2. The lowest BCUT2D eigenvalue weighted by Crippen LogP contribution is -2.39. The molecule has 2 aliphatic rings. The SMILES string of the molecule is O=C(NC1CCOCC1)c1cc2sc3nc(-c4ccc(C5CNCCO5)cc4F)cn3c2cn1. The molecule has 1 amide bonds. The van der Waals surface area contributed by atoms with Gasteiger partial charge in [-0.15, -0.1) is 0 Å². The Morgan fingerprint density at radius 1 is 1.24 bits per heavy atom. The molecule has 0 saturated carbocycles. The van der Waals surface area contributed by atoms with Crippen LogP contribution in [0.2, 0.25) is 0 Å². The van der Waals surface area contributed by atoms with Crippen LogP contribution in [0, 0.1) is 5.82 Å². The molecule has 0 bridgehead atoms. The smallest absolute Gasteiger partial charge is 0.270 e. The van der Waals surface area contributed by atoms with E-state index in [1.807, 2.05) is 16.7 Å². The van der Waals surface area contributed by atoms with Gasteiger partial charge in [-0.25, -0.2) is 14.4 Å². The predicted octanol–water partition coefficient (Wildman–Crippen LogP) is 3.32. The molecule has 3 aromatic heterocycles. The van der Waals surface area contributed by atoms with Crippen LogP contribution in [-0.2, 0) is 9.47 Å². The Morgan fingerprint density at radius 3 is 2.91 bits per heavy atom. The van der Waals surface area contributed by atoms with E-state index in [-0.39, 0.29) is 23.9 Å². The third-order valence-electron chi connectivity index (χ3n) is 6.34. The number of fused-ring (bicyclic) bond motifs is 3. The van der Waals surface area contributed by atoms with Crippen LogP contribution < -0.4 is 10.6 Å². The van der Waals surface area contributed by atoms with Crippen molar-refractivity contribution in [2.24, 2.45) is 0 Å². The molecule has 1 unspecified atom stereocenters. The van der Waals surface area contributed by atoms with Crippen molar-refractivity contribution in [1.82, 2.24) is 25.0 Å². The average Bonchev–Trinajstić information content (AvgIpc) is 3.42. The highest BCUT2D eigenvalue weighted by Crippen LogP contribution is 2.32. The Morgan fingerprint density at radius 2 is 2.12 bits per heavy atom. The van der Waals surface area contributed by atoms with Gasteiger partial charge in [-0.1, -0.05) is 17.4 Å². The van der Waals surface area contributed by atoms with E-state index in [0.717, 1.165) is 40.1 Å². The van der Waals surface area contributed by atoms with Crippen molar-refractivity contribution < 1.29 is 18.7 Å². The van der Waals surface area contributed by atoms with Crippen LogP contribution in [0.5, 0.6) is 0 Å². The summed E-state index contributed by atoms with van der Waals surface area (Å²) in [6.45, 7) is 3.43. The van der Waals surface area contributed by atoms with E-state index in [1.54, 1.807) is 18.3 Å². The van der Waals surface area contributed by atoms with Crippen LogP contribution in [0.15, 0.2) is 36.7 Å². The molecular formula is C24H24FN5O3S. The van der Waals surface area contributed by atoms with Crippen LogP contribution >= 0.6 is 11.3 Å². The molecule has 8 nitrogen and oxygen atoms in total. The van der Waals surface area contributed by atoms with Gasteiger partial charge in [0.05, 0.1) is 34.8 Å². The first-order valence-electron chi connectivity index (χ1n) is 11.4. The van der Waals surface area contributed by atoms with Crippen molar-refractivity contribution in [1.29, 1.82) is 0 Å². The summed E-state index contributed by atoms with van der Waals surface area (Å²) in [6, 6.07) is 7.09. The van der Waals surface area contributed by atoms with Gasteiger partial charge < -0.3 is 20.1 Å². The molecule has 176 valence electrons. The molecule has 2 N–H and O–H groups in total. The van der Waals surface area contributed by atoms with Gasteiger partial charge in [0.15, 0.2) is 4.96 Å². The summed E-state index contributed by atoms with van der Waals surface area (Å²) >= 11 is 1.45. The summed E-state index contributed by atoms with van der Waals surface area (Å²) in [4.78, 5) is 22.4. The summed E-state index contributed by atoms with van der Waals surface area (Å²) in [7, 11) is 0. The van der Waals surface area contributed by atoms with Gasteiger partial charge in [0, 0.05) is 44.1 Å². The Labute approximate surface area is 199 Å². The number of morpholine rings is 1. The van der Waals surface area contributed by atoms with E-state index in [4.69, 9.17) is 9.47 Å². The molecule has 1 atom stereocenters. The highest BCUT2D eigenvalue weighted by Gasteiger charge is 2.21. The predicted molar refractivity (Wildman–Crippen MR) is 127 cm³/mol. The molecule has 10 heteroatoms. The van der Waals surface area contributed by atoms with Crippen molar-refractivity contribution in [3.05, 3.63) is 53.7 Å². The molecule has 0 aliphatic carbocycles. The van der Waals surface area contributed by atoms with E-state index in [9.17, 15) is 9.18 Å². The van der Waals surface area contributed by atoms with Crippen molar-refractivity contribution in [2.75, 3.05) is 32.9 Å². The molecule has 6 rings (SSSR count). The second-order valence-electron chi connectivity index (χ2n) is 8.58. The summed E-state index contributed by atoms with van der Waals surface area (Å²) in [6.07, 6.45) is 4.97. The zero-order valence-corrected chi connectivity index (χ0v) is 19.2. The number of imidazole rings is 1. The van der Waals surface area contributed by atoms with Crippen molar-refractivity contribution >= 4 is 32.4 Å². The lowest BCUT2D eigenvalue weighted by Gasteiger charge is -2.24. The molecule has 1 aromatic carbocycles. The molecule has 2 fully saturated rings. The number of aromatic nitrogens is 3. The van der Waals surface area contributed by atoms with Crippen LogP contribution in [-0.4, -0.2) is 59.2 Å². The maximum absolute atomic E-state index is 15.0. The minimum Gasteiger partial charge on any atom is -0.381 e. The van der Waals surface area contributed by atoms with Gasteiger partial charge in [-0.05, 0) is 36.6 Å². The number of amides is 1. The number of carbonyl (C=O) groups is 1. The monoisotopic (exact) mass is 481 g/mol. The molecule has 5 heterocycles. The van der Waals surface area contributed by atoms with Crippen LogP contribution in [0.25, 0.3) is 26.4 Å². The highest BCUT2D eigenvalue weighted by molar-refractivity contribution is 7.23. The number of halogens is 1. The van der Waals surface area contributed by atoms with E-state index in [0.29, 0.717) is 43.3 Å². The van der Waals surface area contributed by atoms with Crippen molar-refractivity contribution in [3.8, 4) is 11.3 Å². The van der Waals surface area contributed by atoms with Crippen LogP contribution in [0.3, 0.4) is 0 Å². The number of hydrogen-bond donors (Lipinski definition) is 2. The number of nitrogens with one attached hydrogen (secondary N) is 2. The minimum atomic E-state index is -0.327. The molecule has 2 saturated heterocycles. The third kappa shape index (κ3) is 4.07. The lowest BCUT2D eigenvalue weighted by molar-refractivity contribution is 0.0275. The highest BCUT2D eigenvalue weighted by atomic mass is 32.1. The second-order valence-corrected chi connectivity index (χ2v) is 9.59. The summed E-state index contributed by atoms with van der Waals surface area (Å²) in [5.41, 5.74) is 3.03. The maximum atomic E-state index is 15.0. The topological polar surface area (TPSA) is 89.8 Å². The number of carbonyl (C=O) groups excluding carboxylic acids is 1. The fourth-order valence-electron chi connectivity index (χ4n) is 4.47. The van der Waals surface area contributed by atoms with E-state index in [1.165, 1.54) is 17.4 Å². The normalized spacial score (nSPS) is 19.6. The van der Waals surface area contributed by atoms with Gasteiger partial charge >= 0.3 is 0 Å². The zero-order valence-electron chi connectivity index (χ0n) is 18.4. The number of hydrogen-bond acceptors (Lipinski definition) is 7.